The van der Waals surface area contributed by atoms with Crippen LogP contribution in [0.2, 0.25) is 10.0 Å². The van der Waals surface area contributed by atoms with Crippen molar-refractivity contribution >= 4 is 29.3 Å². The van der Waals surface area contributed by atoms with E-state index in [0.29, 0.717) is 5.02 Å². The number of carboxylic acid groups (broad SMARTS) is 1. The van der Waals surface area contributed by atoms with Crippen molar-refractivity contribution in [1.82, 2.24) is 0 Å². The first-order chi connectivity index (χ1) is 5.93. The molecule has 0 unspecified atom stereocenters. The molecule has 0 aromatic heterocycles. The first kappa shape index (κ1) is 12.0. The molecule has 0 atom stereocenters. The summed E-state index contributed by atoms with van der Waals surface area (Å²) >= 11 is 10.9. The van der Waals surface area contributed by atoms with Crippen molar-refractivity contribution in [1.29, 1.82) is 0 Å². The average molecular weight is 226 g/mol. The van der Waals surface area contributed by atoms with E-state index in [2.05, 4.69) is 5.73 Å². The molecule has 1 rings (SSSR count). The van der Waals surface area contributed by atoms with Crippen molar-refractivity contribution in [2.45, 2.75) is 0 Å². The molecular weight excluding hydrogens is 220 g/mol. The van der Waals surface area contributed by atoms with Crippen LogP contribution in [0.1, 0.15) is 0 Å². The lowest BCUT2D eigenvalue weighted by molar-refractivity contribution is 0.205. The van der Waals surface area contributed by atoms with Gasteiger partial charge in [-0.1, -0.05) is 23.2 Å². The Balaban J connectivity index is 0.000000310. The number of carbonyl (C=O) groups is 1. The SMILES string of the molecule is Fc1ccc(Cl)c(Cl)c1.NC(=O)O. The summed E-state index contributed by atoms with van der Waals surface area (Å²) in [6.45, 7) is 0. The van der Waals surface area contributed by atoms with Crippen molar-refractivity contribution in [3.05, 3.63) is 34.1 Å². The van der Waals surface area contributed by atoms with E-state index in [1.54, 1.807) is 0 Å². The Morgan fingerprint density at radius 1 is 1.38 bits per heavy atom. The highest BCUT2D eigenvalue weighted by atomic mass is 35.5. The maximum Gasteiger partial charge on any atom is 0.402 e. The van der Waals surface area contributed by atoms with Gasteiger partial charge in [0.2, 0.25) is 0 Å². The van der Waals surface area contributed by atoms with Gasteiger partial charge in [0, 0.05) is 0 Å². The molecule has 3 nitrogen and oxygen atoms in total. The second-order valence-corrected chi connectivity index (χ2v) is 2.71. The lowest BCUT2D eigenvalue weighted by Gasteiger charge is -1.91. The second-order valence-electron chi connectivity index (χ2n) is 1.90. The van der Waals surface area contributed by atoms with Crippen LogP contribution in [0.25, 0.3) is 0 Å². The highest BCUT2D eigenvalue weighted by Crippen LogP contribution is 2.21. The fourth-order valence-corrected chi connectivity index (χ4v) is 0.755. The quantitative estimate of drug-likeness (QED) is 0.668. The van der Waals surface area contributed by atoms with Crippen molar-refractivity contribution in [2.75, 3.05) is 0 Å². The summed E-state index contributed by atoms with van der Waals surface area (Å²) in [6.07, 6.45) is -1.33. The van der Waals surface area contributed by atoms with Gasteiger partial charge in [0.05, 0.1) is 10.0 Å². The molecule has 0 aliphatic heterocycles. The van der Waals surface area contributed by atoms with E-state index in [9.17, 15) is 4.39 Å². The number of amides is 1. The maximum absolute atomic E-state index is 12.2. The van der Waals surface area contributed by atoms with Crippen LogP contribution >= 0.6 is 23.2 Å². The lowest BCUT2D eigenvalue weighted by Crippen LogP contribution is -2.03. The van der Waals surface area contributed by atoms with Gasteiger partial charge in [0.1, 0.15) is 5.82 Å². The van der Waals surface area contributed by atoms with Crippen LogP contribution in [0, 0.1) is 5.82 Å². The van der Waals surface area contributed by atoms with Crippen LogP contribution in [-0.4, -0.2) is 11.2 Å². The number of hydrogen-bond acceptors (Lipinski definition) is 1. The zero-order chi connectivity index (χ0) is 10.4. The summed E-state index contributed by atoms with van der Waals surface area (Å²) in [6, 6.07) is 3.84. The van der Waals surface area contributed by atoms with Gasteiger partial charge in [-0.3, -0.25) is 0 Å². The molecule has 0 aliphatic carbocycles. The van der Waals surface area contributed by atoms with Crippen LogP contribution in [0.4, 0.5) is 9.18 Å². The third-order valence-corrected chi connectivity index (χ3v) is 1.62. The number of hydrogen-bond donors (Lipinski definition) is 2. The van der Waals surface area contributed by atoms with Crippen LogP contribution in [0.15, 0.2) is 18.2 Å². The Morgan fingerprint density at radius 3 is 2.15 bits per heavy atom. The summed E-state index contributed by atoms with van der Waals surface area (Å²) in [5.41, 5.74) is 4.03. The van der Waals surface area contributed by atoms with Crippen LogP contribution in [0.5, 0.6) is 0 Å². The van der Waals surface area contributed by atoms with Gasteiger partial charge in [-0.25, -0.2) is 9.18 Å². The molecule has 0 saturated carbocycles. The van der Waals surface area contributed by atoms with E-state index in [1.165, 1.54) is 18.2 Å². The summed E-state index contributed by atoms with van der Waals surface area (Å²) in [4.78, 5) is 8.78. The Bertz CT molecular complexity index is 303. The summed E-state index contributed by atoms with van der Waals surface area (Å²) in [7, 11) is 0. The first-order valence-electron chi connectivity index (χ1n) is 3.02. The molecule has 0 bridgehead atoms. The largest absolute Gasteiger partial charge is 0.465 e. The molecule has 0 aliphatic rings. The van der Waals surface area contributed by atoms with Gasteiger partial charge in [0.15, 0.2) is 0 Å². The Labute approximate surface area is 83.9 Å². The second kappa shape index (κ2) is 5.61. The summed E-state index contributed by atoms with van der Waals surface area (Å²) < 4.78 is 12.2. The van der Waals surface area contributed by atoms with E-state index < -0.39 is 6.09 Å². The lowest BCUT2D eigenvalue weighted by atomic mass is 10.3. The van der Waals surface area contributed by atoms with E-state index in [0.717, 1.165) is 0 Å². The Hall–Kier alpha value is -1.00. The Kier molecular flexibility index (Phi) is 5.18. The molecule has 3 N–H and O–H groups in total. The van der Waals surface area contributed by atoms with Crippen LogP contribution < -0.4 is 5.73 Å². The predicted molar refractivity (Wildman–Crippen MR) is 48.6 cm³/mol. The minimum atomic E-state index is -1.33. The zero-order valence-electron chi connectivity index (χ0n) is 6.30. The molecule has 72 valence electrons. The molecule has 6 heteroatoms. The number of halogens is 3. The van der Waals surface area contributed by atoms with E-state index in [1.807, 2.05) is 0 Å². The molecule has 0 fully saturated rings. The highest BCUT2D eigenvalue weighted by molar-refractivity contribution is 6.41. The topological polar surface area (TPSA) is 63.3 Å². The molecular formula is C7H6Cl2FNO2. The van der Waals surface area contributed by atoms with Gasteiger partial charge >= 0.3 is 6.09 Å². The fourth-order valence-electron chi connectivity index (χ4n) is 0.470. The third-order valence-electron chi connectivity index (χ3n) is 0.882. The van der Waals surface area contributed by atoms with Crippen molar-refractivity contribution in [3.8, 4) is 0 Å². The van der Waals surface area contributed by atoms with Crippen molar-refractivity contribution in [2.24, 2.45) is 5.73 Å². The number of primary amides is 1. The molecule has 0 radical (unpaired) electrons. The van der Waals surface area contributed by atoms with E-state index in [4.69, 9.17) is 33.1 Å². The van der Waals surface area contributed by atoms with Crippen LogP contribution in [0.3, 0.4) is 0 Å². The molecule has 1 aromatic carbocycles. The smallest absolute Gasteiger partial charge is 0.402 e. The monoisotopic (exact) mass is 225 g/mol. The van der Waals surface area contributed by atoms with Crippen molar-refractivity contribution in [3.63, 3.8) is 0 Å². The van der Waals surface area contributed by atoms with Gasteiger partial charge in [0.25, 0.3) is 0 Å². The van der Waals surface area contributed by atoms with Crippen molar-refractivity contribution < 1.29 is 14.3 Å². The summed E-state index contributed by atoms with van der Waals surface area (Å²) in [5.74, 6) is -0.371. The molecule has 0 heterocycles. The molecule has 13 heavy (non-hydrogen) atoms. The summed E-state index contributed by atoms with van der Waals surface area (Å²) in [5, 5.41) is 7.81. The predicted octanol–water partition coefficient (Wildman–Crippen LogP) is 2.76. The third kappa shape index (κ3) is 6.19. The zero-order valence-corrected chi connectivity index (χ0v) is 7.81. The van der Waals surface area contributed by atoms with E-state index >= 15 is 0 Å². The molecule has 1 aromatic rings. The van der Waals surface area contributed by atoms with E-state index in [-0.39, 0.29) is 10.8 Å². The van der Waals surface area contributed by atoms with Gasteiger partial charge in [-0.05, 0) is 18.2 Å². The maximum atomic E-state index is 12.2. The minimum Gasteiger partial charge on any atom is -0.465 e. The highest BCUT2D eigenvalue weighted by Gasteiger charge is 1.96. The Morgan fingerprint density at radius 2 is 1.85 bits per heavy atom. The van der Waals surface area contributed by atoms with Gasteiger partial charge < -0.3 is 10.8 Å². The fraction of sp³-hybridized carbons (Fsp3) is 0. The van der Waals surface area contributed by atoms with Gasteiger partial charge in [-0.15, -0.1) is 0 Å². The average Bonchev–Trinajstić information content (AvgIpc) is 1.96. The standard InChI is InChI=1S/C6H3Cl2F.CH3NO2/c7-5-2-1-4(9)3-6(5)8;2-1(3)4/h1-3H;2H2,(H,3,4). The molecule has 0 saturated heterocycles. The van der Waals surface area contributed by atoms with Gasteiger partial charge in [-0.2, -0.15) is 0 Å². The number of nitrogens with two attached hydrogens (primary N) is 1. The molecule has 1 amide bonds. The normalized spacial score (nSPS) is 8.54. The van der Waals surface area contributed by atoms with Crippen LogP contribution in [-0.2, 0) is 0 Å². The molecule has 0 spiro atoms. The first-order valence-corrected chi connectivity index (χ1v) is 3.78. The number of rotatable bonds is 0. The number of benzene rings is 1. The minimum absolute atomic E-state index is 0.247.